The lowest BCUT2D eigenvalue weighted by Crippen LogP contribution is -2.30. The Morgan fingerprint density at radius 3 is 2.37 bits per heavy atom. The zero-order valence-corrected chi connectivity index (χ0v) is 20.2. The first-order valence-electron chi connectivity index (χ1n) is 10.4. The molecular formula is C25H20BrN3O6. The normalized spacial score (nSPS) is 14.5. The number of phenols is 1. The third kappa shape index (κ3) is 4.12. The van der Waals surface area contributed by atoms with E-state index in [9.17, 15) is 29.4 Å². The van der Waals surface area contributed by atoms with Gasteiger partial charge >= 0.3 is 5.97 Å². The van der Waals surface area contributed by atoms with Gasteiger partial charge in [0.2, 0.25) is 5.91 Å². The van der Waals surface area contributed by atoms with Crippen LogP contribution in [-0.2, 0) is 9.59 Å². The van der Waals surface area contributed by atoms with Crippen LogP contribution in [-0.4, -0.2) is 38.3 Å². The van der Waals surface area contributed by atoms with Crippen molar-refractivity contribution in [3.63, 3.8) is 0 Å². The second-order valence-corrected chi connectivity index (χ2v) is 8.98. The summed E-state index contributed by atoms with van der Waals surface area (Å²) in [7, 11) is 0. The van der Waals surface area contributed by atoms with E-state index < -0.39 is 29.6 Å². The van der Waals surface area contributed by atoms with Crippen LogP contribution in [0.25, 0.3) is 11.6 Å². The first-order valence-corrected chi connectivity index (χ1v) is 11.2. The molecule has 0 aliphatic carbocycles. The van der Waals surface area contributed by atoms with Gasteiger partial charge in [-0.15, -0.1) is 0 Å². The summed E-state index contributed by atoms with van der Waals surface area (Å²) in [6.45, 7) is 2.74. The maximum atomic E-state index is 12.9. The number of amides is 2. The maximum absolute atomic E-state index is 12.9. The van der Waals surface area contributed by atoms with Crippen molar-refractivity contribution in [3.05, 3.63) is 80.6 Å². The summed E-state index contributed by atoms with van der Waals surface area (Å²) in [6.07, 6.45) is 1.40. The fourth-order valence-electron chi connectivity index (χ4n) is 4.39. The van der Waals surface area contributed by atoms with Crippen molar-refractivity contribution in [2.75, 3.05) is 5.32 Å². The number of nitrogens with two attached hydrogens (primary N) is 1. The molecule has 178 valence electrons. The molecule has 2 amide bonds. The molecule has 1 aromatic heterocycles. The van der Waals surface area contributed by atoms with Gasteiger partial charge in [-0.25, -0.2) is 4.79 Å². The van der Waals surface area contributed by atoms with Crippen molar-refractivity contribution in [1.29, 1.82) is 0 Å². The van der Waals surface area contributed by atoms with Crippen LogP contribution in [0.3, 0.4) is 0 Å². The minimum absolute atomic E-state index is 0.0520. The number of phenolic OH excluding ortho intramolecular Hbond substituents is 1. The number of carboxylic acid groups (broad SMARTS) is 1. The molecule has 0 spiro atoms. The highest BCUT2D eigenvalue weighted by Crippen LogP contribution is 2.38. The lowest BCUT2D eigenvalue weighted by atomic mass is 10.0. The van der Waals surface area contributed by atoms with E-state index in [2.05, 4.69) is 21.2 Å². The number of fused-ring (bicyclic) bond motifs is 1. The van der Waals surface area contributed by atoms with Crippen LogP contribution < -0.4 is 11.1 Å². The van der Waals surface area contributed by atoms with Crippen LogP contribution in [0.1, 0.15) is 56.2 Å². The number of nitrogens with zero attached hydrogens (tertiary/aromatic N) is 1. The number of carbonyl (C=O) groups excluding carboxylic acids is 3. The van der Waals surface area contributed by atoms with Crippen LogP contribution in [0, 0.1) is 6.92 Å². The van der Waals surface area contributed by atoms with E-state index in [0.29, 0.717) is 21.3 Å². The number of rotatable bonds is 6. The highest BCUT2D eigenvalue weighted by molar-refractivity contribution is 9.10. The van der Waals surface area contributed by atoms with Crippen LogP contribution in [0.15, 0.2) is 46.9 Å². The molecule has 1 aliphatic rings. The van der Waals surface area contributed by atoms with Crippen LogP contribution >= 0.6 is 15.9 Å². The molecule has 0 radical (unpaired) electrons. The molecule has 0 fully saturated rings. The molecule has 9 nitrogen and oxygen atoms in total. The van der Waals surface area contributed by atoms with Crippen molar-refractivity contribution in [2.24, 2.45) is 5.73 Å². The summed E-state index contributed by atoms with van der Waals surface area (Å²) in [5.74, 6) is -3.22. The average Bonchev–Trinajstić information content (AvgIpc) is 3.23. The number of hydrogen-bond acceptors (Lipinski definition) is 5. The highest BCUT2D eigenvalue weighted by Gasteiger charge is 2.34. The molecule has 0 saturated carbocycles. The molecule has 0 saturated heterocycles. The number of hydrogen-bond donors (Lipinski definition) is 4. The summed E-state index contributed by atoms with van der Waals surface area (Å²) >= 11 is 3.38. The molecule has 35 heavy (non-hydrogen) atoms. The number of nitrogens with one attached hydrogen (secondary N) is 1. The number of aromatic hydroxyl groups is 1. The van der Waals surface area contributed by atoms with E-state index in [4.69, 9.17) is 5.73 Å². The first kappa shape index (κ1) is 24.0. The van der Waals surface area contributed by atoms with E-state index >= 15 is 0 Å². The number of anilines is 1. The maximum Gasteiger partial charge on any atom is 0.352 e. The monoisotopic (exact) mass is 537 g/mol. The number of aromatic carboxylic acids is 1. The number of carbonyl (C=O) groups is 4. The first-order chi connectivity index (χ1) is 16.5. The number of benzene rings is 2. The molecule has 4 rings (SSSR count). The van der Waals surface area contributed by atoms with Gasteiger partial charge in [0, 0.05) is 21.3 Å². The number of Topliss-reactive ketones (excluding diaryl/α,β-unsaturated/α-hetero) is 1. The van der Waals surface area contributed by atoms with E-state index in [1.165, 1.54) is 48.8 Å². The van der Waals surface area contributed by atoms with Gasteiger partial charge in [0.15, 0.2) is 5.78 Å². The van der Waals surface area contributed by atoms with Gasteiger partial charge in [0.25, 0.3) is 5.91 Å². The Labute approximate surface area is 208 Å². The van der Waals surface area contributed by atoms with E-state index in [-0.39, 0.29) is 33.8 Å². The van der Waals surface area contributed by atoms with Gasteiger partial charge in [0.05, 0.1) is 11.3 Å². The molecule has 1 aliphatic heterocycles. The molecule has 1 unspecified atom stereocenters. The van der Waals surface area contributed by atoms with Crippen molar-refractivity contribution in [2.45, 2.75) is 19.9 Å². The molecule has 0 bridgehead atoms. The Kier molecular flexibility index (Phi) is 6.08. The minimum atomic E-state index is -1.38. The van der Waals surface area contributed by atoms with Crippen LogP contribution in [0.2, 0.25) is 0 Å². The Bertz CT molecular complexity index is 1450. The Balaban J connectivity index is 2.10. The van der Waals surface area contributed by atoms with E-state index in [0.717, 1.165) is 0 Å². The standard InChI is InChI=1S/C25H20BrN3O6/c1-11-20(12(2)30)19(10-17-16-9-14(26)5-8-18(16)28-24(17)33)29(21(11)25(34)35)22(23(27)32)13-3-6-15(31)7-4-13/h3-10,22,31H,1-2H3,(H2,27,32)(H,28,33)(H,34,35). The predicted octanol–water partition coefficient (Wildman–Crippen LogP) is 3.73. The van der Waals surface area contributed by atoms with Crippen molar-refractivity contribution in [1.82, 2.24) is 4.57 Å². The lowest BCUT2D eigenvalue weighted by Gasteiger charge is -2.21. The molecule has 3 aromatic rings. The molecule has 1 atom stereocenters. The van der Waals surface area contributed by atoms with Gasteiger partial charge in [-0.05, 0) is 61.4 Å². The van der Waals surface area contributed by atoms with Gasteiger partial charge in [-0.1, -0.05) is 28.1 Å². The SMILES string of the molecule is CC(=O)c1c(C)c(C(=O)O)n(C(C(N)=O)c2ccc(O)cc2)c1C=C1C(=O)Nc2ccc(Br)cc21. The lowest BCUT2D eigenvalue weighted by molar-refractivity contribution is -0.120. The summed E-state index contributed by atoms with van der Waals surface area (Å²) < 4.78 is 1.88. The zero-order valence-electron chi connectivity index (χ0n) is 18.6. The number of carboxylic acids is 1. The Morgan fingerprint density at radius 2 is 1.80 bits per heavy atom. The number of halogens is 1. The molecule has 2 aromatic carbocycles. The van der Waals surface area contributed by atoms with Gasteiger partial charge < -0.3 is 25.8 Å². The quantitative estimate of drug-likeness (QED) is 0.277. The highest BCUT2D eigenvalue weighted by atomic mass is 79.9. The van der Waals surface area contributed by atoms with Crippen molar-refractivity contribution in [3.8, 4) is 5.75 Å². The zero-order chi connectivity index (χ0) is 25.6. The minimum Gasteiger partial charge on any atom is -0.508 e. The number of ketones is 1. The van der Waals surface area contributed by atoms with Gasteiger partial charge in [0.1, 0.15) is 17.5 Å². The second-order valence-electron chi connectivity index (χ2n) is 8.06. The predicted molar refractivity (Wildman–Crippen MR) is 132 cm³/mol. The largest absolute Gasteiger partial charge is 0.508 e. The molecular weight excluding hydrogens is 518 g/mol. The molecule has 10 heteroatoms. The fraction of sp³-hybridized carbons (Fsp3) is 0.120. The summed E-state index contributed by atoms with van der Waals surface area (Å²) in [5, 5.41) is 22.5. The summed E-state index contributed by atoms with van der Waals surface area (Å²) in [4.78, 5) is 50.6. The van der Waals surface area contributed by atoms with Gasteiger partial charge in [-0.2, -0.15) is 0 Å². The van der Waals surface area contributed by atoms with Crippen molar-refractivity contribution < 1.29 is 29.4 Å². The van der Waals surface area contributed by atoms with Crippen LogP contribution in [0.5, 0.6) is 5.75 Å². The van der Waals surface area contributed by atoms with Gasteiger partial charge in [-0.3, -0.25) is 14.4 Å². The van der Waals surface area contributed by atoms with E-state index in [1.54, 1.807) is 18.2 Å². The van der Waals surface area contributed by atoms with E-state index in [1.807, 2.05) is 0 Å². The molecule has 5 N–H and O–H groups in total. The topological polar surface area (TPSA) is 152 Å². The second kappa shape index (κ2) is 8.88. The Hall–Kier alpha value is -4.18. The average molecular weight is 538 g/mol. The summed E-state index contributed by atoms with van der Waals surface area (Å²) in [6, 6.07) is 9.39. The fourth-order valence-corrected chi connectivity index (χ4v) is 4.75. The van der Waals surface area contributed by atoms with Crippen molar-refractivity contribution >= 4 is 56.8 Å². The van der Waals surface area contributed by atoms with Crippen LogP contribution in [0.4, 0.5) is 5.69 Å². The third-order valence-electron chi connectivity index (χ3n) is 5.82. The third-order valence-corrected chi connectivity index (χ3v) is 6.32. The number of aromatic nitrogens is 1. The molecule has 2 heterocycles. The number of primary amides is 1. The smallest absolute Gasteiger partial charge is 0.352 e. The summed E-state index contributed by atoms with van der Waals surface area (Å²) in [5.41, 5.74) is 7.24. The Morgan fingerprint density at radius 1 is 1.14 bits per heavy atom.